The van der Waals surface area contributed by atoms with Gasteiger partial charge in [0.1, 0.15) is 5.75 Å². The van der Waals surface area contributed by atoms with Crippen molar-refractivity contribution in [2.45, 2.75) is 37.8 Å². The minimum absolute atomic E-state index is 0. The van der Waals surface area contributed by atoms with Crippen molar-refractivity contribution in [2.24, 2.45) is 0 Å². The molecule has 8 rings (SSSR count). The number of rotatable bonds is 3. The highest BCUT2D eigenvalue weighted by Crippen LogP contribution is 2.52. The van der Waals surface area contributed by atoms with E-state index in [0.29, 0.717) is 46.7 Å². The largest absolute Gasteiger partial charge is 0.504 e. The van der Waals surface area contributed by atoms with Crippen molar-refractivity contribution in [2.75, 3.05) is 48.5 Å². The second kappa shape index (κ2) is 12.9. The molecule has 0 aliphatic carbocycles. The number of nitrogens with zero attached hydrogens (tertiary/aromatic N) is 2. The molecule has 1 N–H and O–H groups in total. The highest BCUT2D eigenvalue weighted by molar-refractivity contribution is 5.85. The molecule has 46 heavy (non-hydrogen) atoms. The van der Waals surface area contributed by atoms with Gasteiger partial charge in [-0.25, -0.2) is 0 Å². The Hall–Kier alpha value is -4.11. The molecular weight excluding hydrogens is 604 g/mol. The van der Waals surface area contributed by atoms with E-state index in [1.54, 1.807) is 27.4 Å². The number of methoxy groups -OCH3 is 3. The smallest absolute Gasteiger partial charge is 0.204 e. The van der Waals surface area contributed by atoms with E-state index in [1.807, 2.05) is 24.3 Å². The summed E-state index contributed by atoms with van der Waals surface area (Å²) in [5.74, 6) is 4.37. The maximum Gasteiger partial charge on any atom is 0.204 e. The molecule has 4 aliphatic heterocycles. The number of ether oxygens (including phenoxy) is 5. The van der Waals surface area contributed by atoms with Crippen LogP contribution in [0.1, 0.15) is 45.5 Å². The Morgan fingerprint density at radius 1 is 0.696 bits per heavy atom. The van der Waals surface area contributed by atoms with Crippen LogP contribution in [-0.2, 0) is 25.7 Å². The van der Waals surface area contributed by atoms with E-state index in [9.17, 15) is 5.11 Å². The molecule has 0 aromatic heterocycles. The van der Waals surface area contributed by atoms with Crippen LogP contribution in [-0.4, -0.2) is 63.4 Å². The molecule has 4 heterocycles. The predicted molar refractivity (Wildman–Crippen MR) is 180 cm³/mol. The van der Waals surface area contributed by atoms with Gasteiger partial charge in [0.2, 0.25) is 5.75 Å². The van der Waals surface area contributed by atoms with Gasteiger partial charge in [-0.05, 0) is 110 Å². The first-order valence-electron chi connectivity index (χ1n) is 15.5. The SMILES string of the molecule is COc1cc2c3cc1Oc1c(OC)c(OC)cc4c1[C@@H](Cc1ccc(O)c(c1)Oc1ccc(cc1)C[C@@H]3N(C)CC2)N(C)CC4.Cl. The van der Waals surface area contributed by atoms with E-state index in [1.165, 1.54) is 16.7 Å². The molecule has 0 amide bonds. The average molecular weight is 645 g/mol. The van der Waals surface area contributed by atoms with Gasteiger partial charge in [-0.3, -0.25) is 9.80 Å². The van der Waals surface area contributed by atoms with Crippen LogP contribution in [0.25, 0.3) is 0 Å². The zero-order valence-corrected chi connectivity index (χ0v) is 27.8. The van der Waals surface area contributed by atoms with Crippen molar-refractivity contribution in [1.82, 2.24) is 9.80 Å². The highest BCUT2D eigenvalue weighted by Gasteiger charge is 2.34. The summed E-state index contributed by atoms with van der Waals surface area (Å²) in [5.41, 5.74) is 6.93. The number of fused-ring (bicyclic) bond motifs is 2. The maximum absolute atomic E-state index is 10.7. The number of phenolic OH excluding ortho intramolecular Hbond substituents is 1. The number of phenols is 1. The van der Waals surface area contributed by atoms with Crippen molar-refractivity contribution in [3.05, 3.63) is 94.0 Å². The standard InChI is InChI=1S/C37H40N2O6.ClH/c1-38-14-12-24-19-32(41-3)33-21-27(24)28(38)16-22-6-9-26(10-7-22)44-31-18-23(8-11-30(31)40)17-29-35-25(13-15-39(29)2)20-34(42-4)36(43-5)37(35)45-33;/h6-11,18-21,28-29,40H,12-17H2,1-5H3;1H/t28-,29+;/m0./s1. The Balaban J connectivity index is 0.00000372. The van der Waals surface area contributed by atoms with Crippen LogP contribution in [0.15, 0.2) is 60.7 Å². The molecule has 2 atom stereocenters. The van der Waals surface area contributed by atoms with Crippen molar-refractivity contribution in [3.63, 3.8) is 0 Å². The first kappa shape index (κ1) is 31.9. The van der Waals surface area contributed by atoms with Gasteiger partial charge in [0.25, 0.3) is 0 Å². The molecule has 4 aliphatic rings. The number of benzene rings is 4. The van der Waals surface area contributed by atoms with Gasteiger partial charge in [-0.15, -0.1) is 12.4 Å². The molecule has 0 saturated heterocycles. The molecular formula is C37H41ClN2O6. The van der Waals surface area contributed by atoms with E-state index in [4.69, 9.17) is 23.7 Å². The highest BCUT2D eigenvalue weighted by atomic mass is 35.5. The second-order valence-corrected chi connectivity index (χ2v) is 12.3. The lowest BCUT2D eigenvalue weighted by atomic mass is 9.87. The topological polar surface area (TPSA) is 72.9 Å². The fourth-order valence-electron chi connectivity index (χ4n) is 7.11. The summed E-state index contributed by atoms with van der Waals surface area (Å²) in [7, 11) is 9.33. The number of hydrogen-bond acceptors (Lipinski definition) is 8. The molecule has 4 aromatic carbocycles. The summed E-state index contributed by atoms with van der Waals surface area (Å²) in [5, 5.41) is 10.7. The summed E-state index contributed by atoms with van der Waals surface area (Å²) < 4.78 is 31.0. The fourth-order valence-corrected chi connectivity index (χ4v) is 7.11. The van der Waals surface area contributed by atoms with E-state index >= 15 is 0 Å². The number of hydrogen-bond donors (Lipinski definition) is 1. The number of aromatic hydroxyl groups is 1. The van der Waals surface area contributed by atoms with Crippen molar-refractivity contribution < 1.29 is 28.8 Å². The van der Waals surface area contributed by atoms with Crippen LogP contribution in [0, 0.1) is 0 Å². The van der Waals surface area contributed by atoms with Gasteiger partial charge < -0.3 is 28.8 Å². The van der Waals surface area contributed by atoms with Crippen molar-refractivity contribution in [3.8, 4) is 46.0 Å². The molecule has 0 fully saturated rings. The summed E-state index contributed by atoms with van der Waals surface area (Å²) in [6.07, 6.45) is 3.25. The third-order valence-electron chi connectivity index (χ3n) is 9.64. The first-order valence-corrected chi connectivity index (χ1v) is 15.5. The van der Waals surface area contributed by atoms with Gasteiger partial charge in [0, 0.05) is 30.7 Å². The minimum Gasteiger partial charge on any atom is -0.504 e. The van der Waals surface area contributed by atoms with Gasteiger partial charge in [-0.1, -0.05) is 18.2 Å². The van der Waals surface area contributed by atoms with Gasteiger partial charge in [0.15, 0.2) is 34.5 Å². The van der Waals surface area contributed by atoms with Crippen molar-refractivity contribution in [1.29, 1.82) is 0 Å². The molecule has 4 aromatic rings. The van der Waals surface area contributed by atoms with Gasteiger partial charge >= 0.3 is 0 Å². The van der Waals surface area contributed by atoms with Crippen LogP contribution < -0.4 is 23.7 Å². The third-order valence-corrected chi connectivity index (χ3v) is 9.64. The molecule has 8 nitrogen and oxygen atoms in total. The van der Waals surface area contributed by atoms with E-state index in [2.05, 4.69) is 54.2 Å². The van der Waals surface area contributed by atoms with E-state index < -0.39 is 0 Å². The minimum atomic E-state index is -0.0402. The van der Waals surface area contributed by atoms with Crippen LogP contribution >= 0.6 is 12.4 Å². The van der Waals surface area contributed by atoms with Crippen LogP contribution in [0.2, 0.25) is 0 Å². The molecule has 9 heteroatoms. The summed E-state index contributed by atoms with van der Waals surface area (Å²) in [6, 6.07) is 20.3. The van der Waals surface area contributed by atoms with Crippen LogP contribution in [0.4, 0.5) is 0 Å². The third kappa shape index (κ3) is 5.70. The summed E-state index contributed by atoms with van der Waals surface area (Å²) in [4.78, 5) is 4.75. The number of halogens is 1. The molecule has 0 unspecified atom stereocenters. The molecule has 0 radical (unpaired) electrons. The van der Waals surface area contributed by atoms with Gasteiger partial charge in [0.05, 0.1) is 21.3 Å². The average Bonchev–Trinajstić information content (AvgIpc) is 3.05. The Morgan fingerprint density at radius 2 is 1.35 bits per heavy atom. The second-order valence-electron chi connectivity index (χ2n) is 12.3. The monoisotopic (exact) mass is 644 g/mol. The normalized spacial score (nSPS) is 19.0. The lowest BCUT2D eigenvalue weighted by Crippen LogP contribution is -2.34. The van der Waals surface area contributed by atoms with Crippen molar-refractivity contribution >= 4 is 12.4 Å². The molecule has 242 valence electrons. The lowest BCUT2D eigenvalue weighted by molar-refractivity contribution is 0.220. The Bertz CT molecular complexity index is 1740. The molecule has 0 spiro atoms. The Labute approximate surface area is 276 Å². The summed E-state index contributed by atoms with van der Waals surface area (Å²) >= 11 is 0. The lowest BCUT2D eigenvalue weighted by Gasteiger charge is -2.37. The van der Waals surface area contributed by atoms with Crippen LogP contribution in [0.3, 0.4) is 0 Å². The Kier molecular flexibility index (Phi) is 8.97. The Morgan fingerprint density at radius 3 is 2.07 bits per heavy atom. The van der Waals surface area contributed by atoms with Gasteiger partial charge in [-0.2, -0.15) is 0 Å². The maximum atomic E-state index is 10.7. The fraction of sp³-hybridized carbons (Fsp3) is 0.351. The predicted octanol–water partition coefficient (Wildman–Crippen LogP) is 7.28. The molecule has 0 saturated carbocycles. The first-order chi connectivity index (χ1) is 21.9. The zero-order chi connectivity index (χ0) is 31.2. The quantitative estimate of drug-likeness (QED) is 0.250. The number of likely N-dealkylation sites (N-methyl/N-ethyl adjacent to an activating group) is 2. The summed E-state index contributed by atoms with van der Waals surface area (Å²) in [6.45, 7) is 1.82. The zero-order valence-electron chi connectivity index (χ0n) is 27.0. The van der Waals surface area contributed by atoms with E-state index in [0.717, 1.165) is 49.0 Å². The van der Waals surface area contributed by atoms with E-state index in [-0.39, 0.29) is 30.2 Å². The molecule has 6 bridgehead atoms. The van der Waals surface area contributed by atoms with Crippen LogP contribution in [0.5, 0.6) is 46.0 Å².